The summed E-state index contributed by atoms with van der Waals surface area (Å²) in [5, 5.41) is 6.99. The number of Topliss-reactive ketones (excluding diaryl/α,β-unsaturated/α-hetero) is 1. The zero-order chi connectivity index (χ0) is 18.8. The number of morpholine rings is 1. The Morgan fingerprint density at radius 2 is 1.92 bits per heavy atom. The fraction of sp³-hybridized carbons (Fsp3) is 0.389. The van der Waals surface area contributed by atoms with E-state index in [0.717, 1.165) is 23.2 Å². The lowest BCUT2D eigenvalue weighted by Crippen LogP contribution is -2.37. The molecule has 0 spiro atoms. The Hall–Kier alpha value is -2.19. The number of amides is 1. The molecule has 0 saturated carbocycles. The second-order valence-electron chi connectivity index (χ2n) is 6.21. The van der Waals surface area contributed by atoms with E-state index < -0.39 is 11.7 Å². The summed E-state index contributed by atoms with van der Waals surface area (Å²) in [5.41, 5.74) is 3.04. The molecule has 8 heteroatoms. The SMILES string of the molecule is Cc1nn(C)c(C)c1C(=O)C(=O)Nc1cc(Br)ccc1N1CCOCC1. The number of nitrogens with zero attached hydrogens (tertiary/aromatic N) is 3. The minimum absolute atomic E-state index is 0.355. The molecule has 7 nitrogen and oxygen atoms in total. The molecule has 0 atom stereocenters. The molecular formula is C18H21BrN4O3. The van der Waals surface area contributed by atoms with E-state index in [1.54, 1.807) is 31.6 Å². The molecule has 1 fully saturated rings. The van der Waals surface area contributed by atoms with Gasteiger partial charge < -0.3 is 15.0 Å². The molecular weight excluding hydrogens is 400 g/mol. The van der Waals surface area contributed by atoms with Crippen LogP contribution in [-0.2, 0) is 16.6 Å². The monoisotopic (exact) mass is 420 g/mol. The van der Waals surface area contributed by atoms with Crippen molar-refractivity contribution in [2.45, 2.75) is 13.8 Å². The number of carbonyl (C=O) groups is 2. The van der Waals surface area contributed by atoms with Crippen LogP contribution in [0.3, 0.4) is 0 Å². The van der Waals surface area contributed by atoms with Crippen LogP contribution in [0, 0.1) is 13.8 Å². The van der Waals surface area contributed by atoms with E-state index >= 15 is 0 Å². The Balaban J connectivity index is 1.87. The number of halogens is 1. The third kappa shape index (κ3) is 3.66. The van der Waals surface area contributed by atoms with Crippen molar-refractivity contribution in [2.75, 3.05) is 36.5 Å². The molecule has 2 heterocycles. The van der Waals surface area contributed by atoms with E-state index in [1.165, 1.54) is 0 Å². The van der Waals surface area contributed by atoms with Crippen LogP contribution in [0.25, 0.3) is 0 Å². The highest BCUT2D eigenvalue weighted by molar-refractivity contribution is 9.10. The summed E-state index contributed by atoms with van der Waals surface area (Å²) in [4.78, 5) is 27.4. The van der Waals surface area contributed by atoms with Gasteiger partial charge in [0.1, 0.15) is 0 Å². The maximum absolute atomic E-state index is 12.7. The molecule has 1 saturated heterocycles. The van der Waals surface area contributed by atoms with Crippen LogP contribution < -0.4 is 10.2 Å². The topological polar surface area (TPSA) is 76.5 Å². The summed E-state index contributed by atoms with van der Waals surface area (Å²) in [6.07, 6.45) is 0. The first-order valence-electron chi connectivity index (χ1n) is 8.36. The minimum atomic E-state index is -0.670. The van der Waals surface area contributed by atoms with Gasteiger partial charge in [0.05, 0.1) is 35.8 Å². The van der Waals surface area contributed by atoms with Gasteiger partial charge in [-0.3, -0.25) is 14.3 Å². The second-order valence-corrected chi connectivity index (χ2v) is 7.13. The van der Waals surface area contributed by atoms with Crippen molar-refractivity contribution < 1.29 is 14.3 Å². The molecule has 0 radical (unpaired) electrons. The summed E-state index contributed by atoms with van der Waals surface area (Å²) in [5.74, 6) is -1.25. The van der Waals surface area contributed by atoms with Crippen molar-refractivity contribution >= 4 is 39.0 Å². The van der Waals surface area contributed by atoms with E-state index in [-0.39, 0.29) is 0 Å². The van der Waals surface area contributed by atoms with Gasteiger partial charge in [-0.05, 0) is 32.0 Å². The Morgan fingerprint density at radius 1 is 1.23 bits per heavy atom. The normalized spacial score (nSPS) is 14.4. The van der Waals surface area contributed by atoms with Gasteiger partial charge in [0.2, 0.25) is 0 Å². The van der Waals surface area contributed by atoms with Crippen LogP contribution in [0.15, 0.2) is 22.7 Å². The van der Waals surface area contributed by atoms with Gasteiger partial charge in [0, 0.05) is 30.3 Å². The number of hydrogen-bond acceptors (Lipinski definition) is 5. The van der Waals surface area contributed by atoms with E-state index in [9.17, 15) is 9.59 Å². The molecule has 26 heavy (non-hydrogen) atoms. The van der Waals surface area contributed by atoms with Crippen molar-refractivity contribution in [3.05, 3.63) is 39.6 Å². The number of benzene rings is 1. The standard InChI is InChI=1S/C18H21BrN4O3/c1-11-16(12(2)22(3)21-11)17(24)18(25)20-14-10-13(19)4-5-15(14)23-6-8-26-9-7-23/h4-5,10H,6-9H2,1-3H3,(H,20,25). The Labute approximate surface area is 160 Å². The Kier molecular flexibility index (Phi) is 5.43. The summed E-state index contributed by atoms with van der Waals surface area (Å²) in [6, 6.07) is 5.65. The first-order valence-corrected chi connectivity index (χ1v) is 9.16. The highest BCUT2D eigenvalue weighted by Crippen LogP contribution is 2.30. The molecule has 1 aromatic heterocycles. The molecule has 1 N–H and O–H groups in total. The number of ketones is 1. The lowest BCUT2D eigenvalue weighted by molar-refractivity contribution is -0.112. The second kappa shape index (κ2) is 7.59. The highest BCUT2D eigenvalue weighted by Gasteiger charge is 2.25. The predicted molar refractivity (Wildman–Crippen MR) is 103 cm³/mol. The summed E-state index contributed by atoms with van der Waals surface area (Å²) < 4.78 is 7.82. The van der Waals surface area contributed by atoms with E-state index in [1.807, 2.05) is 12.1 Å². The molecule has 0 bridgehead atoms. The molecule has 2 aromatic rings. The molecule has 138 valence electrons. The summed E-state index contributed by atoms with van der Waals surface area (Å²) in [7, 11) is 1.75. The predicted octanol–water partition coefficient (Wildman–Crippen LogP) is 2.46. The van der Waals surface area contributed by atoms with Gasteiger partial charge in [-0.1, -0.05) is 15.9 Å². The molecule has 1 amide bonds. The van der Waals surface area contributed by atoms with Crippen molar-refractivity contribution in [1.29, 1.82) is 0 Å². The van der Waals surface area contributed by atoms with Crippen LogP contribution in [0.1, 0.15) is 21.7 Å². The highest BCUT2D eigenvalue weighted by atomic mass is 79.9. The van der Waals surface area contributed by atoms with Crippen LogP contribution in [0.5, 0.6) is 0 Å². The Bertz CT molecular complexity index is 856. The third-order valence-corrected chi connectivity index (χ3v) is 4.99. The van der Waals surface area contributed by atoms with Crippen LogP contribution in [0.4, 0.5) is 11.4 Å². The lowest BCUT2D eigenvalue weighted by atomic mass is 10.1. The molecule has 1 aromatic carbocycles. The van der Waals surface area contributed by atoms with Gasteiger partial charge >= 0.3 is 0 Å². The van der Waals surface area contributed by atoms with Crippen molar-refractivity contribution in [2.24, 2.45) is 7.05 Å². The largest absolute Gasteiger partial charge is 0.378 e. The molecule has 0 aliphatic carbocycles. The number of nitrogens with one attached hydrogen (secondary N) is 1. The lowest BCUT2D eigenvalue weighted by Gasteiger charge is -2.30. The van der Waals surface area contributed by atoms with Crippen molar-refractivity contribution in [3.8, 4) is 0 Å². The van der Waals surface area contributed by atoms with Crippen LogP contribution in [0.2, 0.25) is 0 Å². The maximum atomic E-state index is 12.7. The minimum Gasteiger partial charge on any atom is -0.378 e. The van der Waals surface area contributed by atoms with Gasteiger partial charge in [0.25, 0.3) is 11.7 Å². The maximum Gasteiger partial charge on any atom is 0.296 e. The quantitative estimate of drug-likeness (QED) is 0.607. The van der Waals surface area contributed by atoms with E-state index in [0.29, 0.717) is 35.9 Å². The van der Waals surface area contributed by atoms with E-state index in [4.69, 9.17) is 4.74 Å². The number of aryl methyl sites for hydroxylation is 2. The molecule has 1 aliphatic rings. The fourth-order valence-electron chi connectivity index (χ4n) is 3.08. The molecule has 1 aliphatic heterocycles. The smallest absolute Gasteiger partial charge is 0.296 e. The van der Waals surface area contributed by atoms with Crippen molar-refractivity contribution in [1.82, 2.24) is 9.78 Å². The van der Waals surface area contributed by atoms with E-state index in [2.05, 4.69) is 31.2 Å². The fourth-order valence-corrected chi connectivity index (χ4v) is 3.44. The number of anilines is 2. The number of hydrogen-bond donors (Lipinski definition) is 1. The first kappa shape index (κ1) is 18.6. The number of rotatable bonds is 4. The molecule has 0 unspecified atom stereocenters. The van der Waals surface area contributed by atoms with Gasteiger partial charge in [-0.2, -0.15) is 5.10 Å². The van der Waals surface area contributed by atoms with Crippen molar-refractivity contribution in [3.63, 3.8) is 0 Å². The summed E-state index contributed by atoms with van der Waals surface area (Å²) >= 11 is 3.43. The van der Waals surface area contributed by atoms with Crippen LogP contribution in [-0.4, -0.2) is 47.8 Å². The zero-order valence-corrected chi connectivity index (χ0v) is 16.6. The first-order chi connectivity index (χ1) is 12.4. The zero-order valence-electron chi connectivity index (χ0n) is 15.0. The number of carbonyl (C=O) groups excluding carboxylic acids is 2. The van der Waals surface area contributed by atoms with Gasteiger partial charge in [-0.15, -0.1) is 0 Å². The van der Waals surface area contributed by atoms with Gasteiger partial charge in [0.15, 0.2) is 0 Å². The van der Waals surface area contributed by atoms with Gasteiger partial charge in [-0.25, -0.2) is 0 Å². The third-order valence-electron chi connectivity index (χ3n) is 4.50. The number of aromatic nitrogens is 2. The number of ether oxygens (including phenoxy) is 1. The Morgan fingerprint density at radius 3 is 2.54 bits per heavy atom. The molecule has 3 rings (SSSR count). The summed E-state index contributed by atoms with van der Waals surface area (Å²) in [6.45, 7) is 6.25. The van der Waals surface area contributed by atoms with Crippen LogP contribution >= 0.6 is 15.9 Å². The average molecular weight is 421 g/mol. The average Bonchev–Trinajstić information content (AvgIpc) is 2.87.